The Labute approximate surface area is 155 Å². The van der Waals surface area contributed by atoms with Gasteiger partial charge >= 0.3 is 0 Å². The second-order valence-corrected chi connectivity index (χ2v) is 6.10. The number of rotatable bonds is 7. The van der Waals surface area contributed by atoms with Gasteiger partial charge in [0.05, 0.1) is 30.6 Å². The molecular formula is C18H20FN7O. The molecule has 140 valence electrons. The lowest BCUT2D eigenvalue weighted by molar-refractivity contribution is 0.210. The molecular weight excluding hydrogens is 349 g/mol. The number of aromatic nitrogens is 6. The first-order valence-electron chi connectivity index (χ1n) is 8.68. The number of anilines is 1. The van der Waals surface area contributed by atoms with Crippen molar-refractivity contribution in [3.05, 3.63) is 36.4 Å². The molecule has 0 spiro atoms. The zero-order valence-electron chi connectivity index (χ0n) is 15.2. The van der Waals surface area contributed by atoms with Gasteiger partial charge in [0.1, 0.15) is 18.0 Å². The molecule has 0 saturated carbocycles. The minimum absolute atomic E-state index is 0.245. The lowest BCUT2D eigenvalue weighted by atomic mass is 10.2. The minimum Gasteiger partial charge on any atom is -0.383 e. The summed E-state index contributed by atoms with van der Waals surface area (Å²) in [4.78, 5) is 13.5. The summed E-state index contributed by atoms with van der Waals surface area (Å²) < 4.78 is 21.5. The fourth-order valence-electron chi connectivity index (χ4n) is 3.08. The van der Waals surface area contributed by atoms with E-state index >= 15 is 0 Å². The third-order valence-corrected chi connectivity index (χ3v) is 4.37. The predicted octanol–water partition coefficient (Wildman–Crippen LogP) is 2.48. The minimum atomic E-state index is -0.458. The van der Waals surface area contributed by atoms with Gasteiger partial charge in [-0.15, -0.1) is 5.10 Å². The first kappa shape index (κ1) is 17.3. The lowest BCUT2D eigenvalue weighted by Crippen LogP contribution is -2.11. The summed E-state index contributed by atoms with van der Waals surface area (Å²) in [5, 5.41) is 7.55. The Kier molecular flexibility index (Phi) is 4.68. The lowest BCUT2D eigenvalue weighted by Gasteiger charge is -2.06. The maximum atomic E-state index is 12.9. The number of nitrogens with zero attached hydrogens (tertiary/aromatic N) is 6. The standard InChI is InChI=1S/C18H20FN7O/c1-12-22-15-4-3-14(23-17(15)25(12)9-6-19)13-5-8-26-16(13)11-21-18(24-26)20-7-10-27-2/h3-5,8,11H,6-7,9-10H2,1-2H3,(H,20,24). The van der Waals surface area contributed by atoms with Gasteiger partial charge in [-0.25, -0.2) is 23.9 Å². The highest BCUT2D eigenvalue weighted by Gasteiger charge is 2.13. The molecule has 0 bridgehead atoms. The number of hydrogen-bond acceptors (Lipinski definition) is 6. The molecule has 0 aromatic carbocycles. The van der Waals surface area contributed by atoms with Crippen molar-refractivity contribution >= 4 is 22.6 Å². The van der Waals surface area contributed by atoms with Gasteiger partial charge in [0, 0.05) is 25.4 Å². The molecule has 0 aliphatic carbocycles. The molecule has 0 aliphatic rings. The van der Waals surface area contributed by atoms with Crippen molar-refractivity contribution in [2.24, 2.45) is 0 Å². The normalized spacial score (nSPS) is 11.5. The number of pyridine rings is 1. The van der Waals surface area contributed by atoms with Crippen molar-refractivity contribution < 1.29 is 9.13 Å². The predicted molar refractivity (Wildman–Crippen MR) is 101 cm³/mol. The summed E-state index contributed by atoms with van der Waals surface area (Å²) in [5.41, 5.74) is 3.96. The van der Waals surface area contributed by atoms with E-state index < -0.39 is 6.67 Å². The van der Waals surface area contributed by atoms with Crippen molar-refractivity contribution in [2.75, 3.05) is 32.3 Å². The van der Waals surface area contributed by atoms with Gasteiger partial charge in [0.15, 0.2) is 5.65 Å². The van der Waals surface area contributed by atoms with Crippen molar-refractivity contribution in [1.82, 2.24) is 29.1 Å². The summed E-state index contributed by atoms with van der Waals surface area (Å²) in [7, 11) is 1.65. The van der Waals surface area contributed by atoms with Crippen LogP contribution in [-0.2, 0) is 11.3 Å². The Morgan fingerprint density at radius 3 is 2.93 bits per heavy atom. The molecule has 4 aromatic heterocycles. The number of nitrogens with one attached hydrogen (secondary N) is 1. The Bertz CT molecular complexity index is 1090. The van der Waals surface area contributed by atoms with E-state index in [9.17, 15) is 4.39 Å². The second-order valence-electron chi connectivity index (χ2n) is 6.10. The first-order valence-corrected chi connectivity index (χ1v) is 8.68. The molecule has 27 heavy (non-hydrogen) atoms. The van der Waals surface area contributed by atoms with Crippen LogP contribution in [0.15, 0.2) is 30.6 Å². The summed E-state index contributed by atoms with van der Waals surface area (Å²) in [5.74, 6) is 1.28. The number of alkyl halides is 1. The topological polar surface area (TPSA) is 82.2 Å². The van der Waals surface area contributed by atoms with Gasteiger partial charge in [-0.1, -0.05) is 0 Å². The molecule has 8 nitrogen and oxygen atoms in total. The maximum absolute atomic E-state index is 12.9. The van der Waals surface area contributed by atoms with Crippen LogP contribution >= 0.6 is 0 Å². The van der Waals surface area contributed by atoms with Crippen molar-refractivity contribution in [3.8, 4) is 11.3 Å². The van der Waals surface area contributed by atoms with E-state index in [-0.39, 0.29) is 6.54 Å². The Hall–Kier alpha value is -3.07. The highest BCUT2D eigenvalue weighted by Crippen LogP contribution is 2.26. The molecule has 4 rings (SSSR count). The number of halogens is 1. The fraction of sp³-hybridized carbons (Fsp3) is 0.333. The largest absolute Gasteiger partial charge is 0.383 e. The molecule has 0 saturated heterocycles. The molecule has 9 heteroatoms. The number of ether oxygens (including phenoxy) is 1. The van der Waals surface area contributed by atoms with Crippen LogP contribution in [0.2, 0.25) is 0 Å². The van der Waals surface area contributed by atoms with Gasteiger partial charge in [-0.05, 0) is 25.1 Å². The number of methoxy groups -OCH3 is 1. The van der Waals surface area contributed by atoms with Crippen molar-refractivity contribution in [2.45, 2.75) is 13.5 Å². The van der Waals surface area contributed by atoms with Crippen LogP contribution in [0.25, 0.3) is 27.9 Å². The molecule has 0 amide bonds. The SMILES string of the molecule is COCCNc1ncc2c(-c3ccc4nc(C)n(CCF)c4n3)ccn2n1. The number of aryl methyl sites for hydroxylation is 2. The zero-order valence-corrected chi connectivity index (χ0v) is 15.2. The van der Waals surface area contributed by atoms with Crippen molar-refractivity contribution in [3.63, 3.8) is 0 Å². The van der Waals surface area contributed by atoms with Crippen LogP contribution in [0, 0.1) is 6.92 Å². The average molecular weight is 369 g/mol. The van der Waals surface area contributed by atoms with Crippen LogP contribution in [-0.4, -0.2) is 56.1 Å². The monoisotopic (exact) mass is 369 g/mol. The van der Waals surface area contributed by atoms with Gasteiger partial charge in [-0.3, -0.25) is 0 Å². The first-order chi connectivity index (χ1) is 13.2. The summed E-state index contributed by atoms with van der Waals surface area (Å²) in [6.07, 6.45) is 3.62. The van der Waals surface area contributed by atoms with E-state index in [2.05, 4.69) is 20.4 Å². The Balaban J connectivity index is 1.72. The highest BCUT2D eigenvalue weighted by molar-refractivity contribution is 5.82. The summed E-state index contributed by atoms with van der Waals surface area (Å²) in [6.45, 7) is 2.85. The summed E-state index contributed by atoms with van der Waals surface area (Å²) >= 11 is 0. The van der Waals surface area contributed by atoms with Gasteiger partial charge in [0.2, 0.25) is 5.95 Å². The van der Waals surface area contributed by atoms with Crippen LogP contribution in [0.5, 0.6) is 0 Å². The van der Waals surface area contributed by atoms with E-state index in [1.54, 1.807) is 22.4 Å². The fourth-order valence-corrected chi connectivity index (χ4v) is 3.08. The van der Waals surface area contributed by atoms with E-state index in [4.69, 9.17) is 9.72 Å². The molecule has 0 unspecified atom stereocenters. The molecule has 1 N–H and O–H groups in total. The van der Waals surface area contributed by atoms with Gasteiger partial charge < -0.3 is 14.6 Å². The molecule has 4 aromatic rings. The molecule has 0 radical (unpaired) electrons. The van der Waals surface area contributed by atoms with Crippen LogP contribution in [0.3, 0.4) is 0 Å². The van der Waals surface area contributed by atoms with Crippen LogP contribution in [0.1, 0.15) is 5.82 Å². The van der Waals surface area contributed by atoms with Crippen LogP contribution < -0.4 is 5.32 Å². The number of imidazole rings is 1. The smallest absolute Gasteiger partial charge is 0.241 e. The van der Waals surface area contributed by atoms with E-state index in [0.29, 0.717) is 24.7 Å². The average Bonchev–Trinajstić information content (AvgIpc) is 3.23. The molecule has 0 fully saturated rings. The third kappa shape index (κ3) is 3.21. The summed E-state index contributed by atoms with van der Waals surface area (Å²) in [6, 6.07) is 5.76. The quantitative estimate of drug-likeness (QED) is 0.504. The molecule has 0 aliphatic heterocycles. The maximum Gasteiger partial charge on any atom is 0.241 e. The van der Waals surface area contributed by atoms with E-state index in [1.165, 1.54) is 0 Å². The van der Waals surface area contributed by atoms with Gasteiger partial charge in [-0.2, -0.15) is 0 Å². The van der Waals surface area contributed by atoms with Gasteiger partial charge in [0.25, 0.3) is 0 Å². The van der Waals surface area contributed by atoms with Crippen LogP contribution in [0.4, 0.5) is 10.3 Å². The number of hydrogen-bond donors (Lipinski definition) is 1. The Morgan fingerprint density at radius 2 is 2.11 bits per heavy atom. The third-order valence-electron chi connectivity index (χ3n) is 4.37. The second kappa shape index (κ2) is 7.28. The number of fused-ring (bicyclic) bond motifs is 2. The van der Waals surface area contributed by atoms with E-state index in [1.807, 2.05) is 31.3 Å². The molecule has 0 atom stereocenters. The van der Waals surface area contributed by atoms with Crippen molar-refractivity contribution in [1.29, 1.82) is 0 Å². The highest BCUT2D eigenvalue weighted by atomic mass is 19.1. The van der Waals surface area contributed by atoms with E-state index in [0.717, 1.165) is 28.1 Å². The molecule has 4 heterocycles. The Morgan fingerprint density at radius 1 is 1.22 bits per heavy atom. The zero-order chi connectivity index (χ0) is 18.8.